The largest absolute Gasteiger partial charge is 0.403 e. The van der Waals surface area contributed by atoms with Crippen LogP contribution in [0.5, 0.6) is 0 Å². The van der Waals surface area contributed by atoms with Crippen LogP contribution in [0.2, 0.25) is 0 Å². The summed E-state index contributed by atoms with van der Waals surface area (Å²) in [5.74, 6) is -1.86. The molecule has 0 aromatic rings. The standard InChI is InChI=1S/C3H4O8S2/c4-12(5)8-1-3(10-12)2-9-13(6,7)11-3/h1-2H2. The molecule has 76 valence electrons. The van der Waals surface area contributed by atoms with Gasteiger partial charge >= 0.3 is 20.8 Å². The molecule has 10 heteroatoms. The van der Waals surface area contributed by atoms with Crippen molar-refractivity contribution in [2.75, 3.05) is 13.2 Å². The van der Waals surface area contributed by atoms with Gasteiger partial charge in [0, 0.05) is 0 Å². The first kappa shape index (κ1) is 9.30. The molecule has 2 rings (SSSR count). The van der Waals surface area contributed by atoms with Gasteiger partial charge in [-0.05, 0) is 0 Å². The highest BCUT2D eigenvalue weighted by atomic mass is 32.3. The Bertz CT molecular complexity index is 374. The van der Waals surface area contributed by atoms with Gasteiger partial charge in [-0.25, -0.2) is 16.7 Å². The van der Waals surface area contributed by atoms with E-state index in [0.29, 0.717) is 0 Å². The lowest BCUT2D eigenvalue weighted by Crippen LogP contribution is -2.34. The van der Waals surface area contributed by atoms with Crippen molar-refractivity contribution in [3.05, 3.63) is 0 Å². The van der Waals surface area contributed by atoms with E-state index in [1.54, 1.807) is 0 Å². The zero-order valence-corrected chi connectivity index (χ0v) is 7.63. The van der Waals surface area contributed by atoms with E-state index < -0.39 is 39.8 Å². The van der Waals surface area contributed by atoms with Crippen molar-refractivity contribution in [1.29, 1.82) is 0 Å². The third-order valence-corrected chi connectivity index (χ3v) is 3.18. The quantitative estimate of drug-likeness (QED) is 0.485. The Labute approximate surface area is 74.0 Å². The molecule has 1 spiro atoms. The van der Waals surface area contributed by atoms with Crippen LogP contribution in [0.25, 0.3) is 0 Å². The van der Waals surface area contributed by atoms with Gasteiger partial charge < -0.3 is 0 Å². The SMILES string of the molecule is O=S1(=O)OCC2(COS(=O)(=O)O2)O1. The highest BCUT2D eigenvalue weighted by Crippen LogP contribution is 2.33. The predicted octanol–water partition coefficient (Wildman–Crippen LogP) is -1.73. The van der Waals surface area contributed by atoms with E-state index in [9.17, 15) is 16.8 Å². The summed E-state index contributed by atoms with van der Waals surface area (Å²) in [5, 5.41) is 0. The molecule has 0 aliphatic carbocycles. The molecule has 0 N–H and O–H groups in total. The highest BCUT2D eigenvalue weighted by Gasteiger charge is 2.55. The van der Waals surface area contributed by atoms with Gasteiger partial charge in [0.25, 0.3) is 5.79 Å². The van der Waals surface area contributed by atoms with Crippen molar-refractivity contribution < 1.29 is 33.6 Å². The predicted molar refractivity (Wildman–Crippen MR) is 34.6 cm³/mol. The van der Waals surface area contributed by atoms with Crippen LogP contribution in [0, 0.1) is 0 Å². The normalized spacial score (nSPS) is 33.8. The summed E-state index contributed by atoms with van der Waals surface area (Å²) in [4.78, 5) is 0. The molecular weight excluding hydrogens is 228 g/mol. The summed E-state index contributed by atoms with van der Waals surface area (Å²) < 4.78 is 59.3. The van der Waals surface area contributed by atoms with Crippen molar-refractivity contribution in [2.45, 2.75) is 5.79 Å². The summed E-state index contributed by atoms with van der Waals surface area (Å²) >= 11 is 0. The topological polar surface area (TPSA) is 105 Å². The van der Waals surface area contributed by atoms with E-state index in [1.807, 2.05) is 0 Å². The van der Waals surface area contributed by atoms with E-state index in [4.69, 9.17) is 0 Å². The average molecular weight is 232 g/mol. The van der Waals surface area contributed by atoms with Gasteiger partial charge in [0.1, 0.15) is 13.2 Å². The van der Waals surface area contributed by atoms with Crippen LogP contribution in [0.15, 0.2) is 0 Å². The van der Waals surface area contributed by atoms with E-state index in [0.717, 1.165) is 0 Å². The van der Waals surface area contributed by atoms with Gasteiger partial charge in [-0.2, -0.15) is 16.8 Å². The molecule has 0 bridgehead atoms. The molecule has 2 fully saturated rings. The first-order valence-electron chi connectivity index (χ1n) is 3.03. The minimum absolute atomic E-state index is 0.533. The molecule has 0 aromatic heterocycles. The minimum Gasteiger partial charge on any atom is -0.242 e. The first-order valence-corrected chi connectivity index (χ1v) is 5.69. The molecule has 2 aliphatic rings. The van der Waals surface area contributed by atoms with Crippen LogP contribution in [0.4, 0.5) is 0 Å². The van der Waals surface area contributed by atoms with Crippen LogP contribution < -0.4 is 0 Å². The molecule has 2 aliphatic heterocycles. The first-order chi connectivity index (χ1) is 5.83. The van der Waals surface area contributed by atoms with E-state index in [1.165, 1.54) is 0 Å². The number of hydrogen-bond donors (Lipinski definition) is 0. The molecular formula is C3H4O8S2. The molecule has 0 radical (unpaired) electrons. The zero-order chi connectivity index (χ0) is 9.74. The fourth-order valence-corrected chi connectivity index (χ4v) is 2.69. The second kappa shape index (κ2) is 2.40. The maximum atomic E-state index is 10.6. The van der Waals surface area contributed by atoms with E-state index in [-0.39, 0.29) is 0 Å². The molecule has 8 nitrogen and oxygen atoms in total. The van der Waals surface area contributed by atoms with Gasteiger partial charge in [-0.1, -0.05) is 0 Å². The second-order valence-corrected chi connectivity index (χ2v) is 4.86. The lowest BCUT2D eigenvalue weighted by molar-refractivity contribution is -0.0798. The van der Waals surface area contributed by atoms with Gasteiger partial charge in [-0.15, -0.1) is 0 Å². The van der Waals surface area contributed by atoms with Crippen LogP contribution in [-0.2, 0) is 37.5 Å². The fourth-order valence-electron chi connectivity index (χ4n) is 0.896. The van der Waals surface area contributed by atoms with Crippen molar-refractivity contribution in [3.8, 4) is 0 Å². The Balaban J connectivity index is 2.29. The molecule has 0 amide bonds. The van der Waals surface area contributed by atoms with Gasteiger partial charge in [0.05, 0.1) is 0 Å². The van der Waals surface area contributed by atoms with Crippen LogP contribution in [0.1, 0.15) is 0 Å². The summed E-state index contributed by atoms with van der Waals surface area (Å²) in [6.07, 6.45) is 0. The molecule has 0 saturated carbocycles. The van der Waals surface area contributed by atoms with Crippen LogP contribution in [-0.4, -0.2) is 35.8 Å². The Morgan fingerprint density at radius 1 is 0.846 bits per heavy atom. The monoisotopic (exact) mass is 232 g/mol. The van der Waals surface area contributed by atoms with E-state index in [2.05, 4.69) is 16.7 Å². The third kappa shape index (κ3) is 1.68. The van der Waals surface area contributed by atoms with Gasteiger partial charge in [0.2, 0.25) is 0 Å². The molecule has 13 heavy (non-hydrogen) atoms. The number of rotatable bonds is 0. The van der Waals surface area contributed by atoms with Gasteiger partial charge in [-0.3, -0.25) is 0 Å². The second-order valence-electron chi connectivity index (χ2n) is 2.42. The Morgan fingerprint density at radius 3 is 1.46 bits per heavy atom. The maximum absolute atomic E-state index is 10.6. The molecule has 2 saturated heterocycles. The van der Waals surface area contributed by atoms with Crippen LogP contribution >= 0.6 is 0 Å². The zero-order valence-electron chi connectivity index (χ0n) is 6.00. The average Bonchev–Trinajstić information content (AvgIpc) is 2.37. The molecule has 0 aromatic carbocycles. The van der Waals surface area contributed by atoms with Gasteiger partial charge in [0.15, 0.2) is 0 Å². The Morgan fingerprint density at radius 2 is 1.23 bits per heavy atom. The summed E-state index contributed by atoms with van der Waals surface area (Å²) in [6, 6.07) is 0. The molecule has 0 unspecified atom stereocenters. The maximum Gasteiger partial charge on any atom is 0.403 e. The summed E-state index contributed by atoms with van der Waals surface area (Å²) in [5.41, 5.74) is 0. The Kier molecular flexibility index (Phi) is 1.72. The Hall–Kier alpha value is -0.260. The van der Waals surface area contributed by atoms with Crippen molar-refractivity contribution in [1.82, 2.24) is 0 Å². The highest BCUT2D eigenvalue weighted by molar-refractivity contribution is 7.83. The molecule has 0 atom stereocenters. The lowest BCUT2D eigenvalue weighted by Gasteiger charge is -2.10. The van der Waals surface area contributed by atoms with Crippen LogP contribution in [0.3, 0.4) is 0 Å². The third-order valence-electron chi connectivity index (χ3n) is 1.35. The van der Waals surface area contributed by atoms with Crippen molar-refractivity contribution in [2.24, 2.45) is 0 Å². The summed E-state index contributed by atoms with van der Waals surface area (Å²) in [7, 11) is -8.32. The minimum atomic E-state index is -4.16. The van der Waals surface area contributed by atoms with E-state index >= 15 is 0 Å². The summed E-state index contributed by atoms with van der Waals surface area (Å²) in [6.45, 7) is -1.07. The van der Waals surface area contributed by atoms with Crippen molar-refractivity contribution >= 4 is 20.8 Å². The lowest BCUT2D eigenvalue weighted by atomic mass is 10.3. The number of hydrogen-bond acceptors (Lipinski definition) is 8. The van der Waals surface area contributed by atoms with Crippen molar-refractivity contribution in [3.63, 3.8) is 0 Å². The fraction of sp³-hybridized carbons (Fsp3) is 1.00. The molecule has 2 heterocycles. The smallest absolute Gasteiger partial charge is 0.242 e.